The molecule has 0 bridgehead atoms. The zero-order valence-corrected chi connectivity index (χ0v) is 20.4. The van der Waals surface area contributed by atoms with Gasteiger partial charge in [-0.15, -0.1) is 11.8 Å². The molecule has 0 aliphatic carbocycles. The molecule has 32 heavy (non-hydrogen) atoms. The lowest BCUT2D eigenvalue weighted by atomic mass is 10.1. The molecule has 1 atom stereocenters. The number of rotatable bonds is 6. The van der Waals surface area contributed by atoms with Crippen LogP contribution in [0.15, 0.2) is 57.3 Å². The summed E-state index contributed by atoms with van der Waals surface area (Å²) >= 11 is 2.92. The van der Waals surface area contributed by atoms with E-state index in [9.17, 15) is 9.59 Å². The molecule has 1 N–H and O–H groups in total. The maximum atomic E-state index is 13.3. The Morgan fingerprint density at radius 3 is 2.56 bits per heavy atom. The van der Waals surface area contributed by atoms with E-state index in [4.69, 9.17) is 4.98 Å². The highest BCUT2D eigenvalue weighted by molar-refractivity contribution is 8.00. The summed E-state index contributed by atoms with van der Waals surface area (Å²) in [6, 6.07) is 14.0. The van der Waals surface area contributed by atoms with Crippen molar-refractivity contribution < 1.29 is 4.79 Å². The number of aryl methyl sites for hydroxylation is 3. The molecule has 2 aromatic carbocycles. The SMILES string of the molecule is Cc1cc(C)c(NC(=O)CSc2nc3c(c(=O)n2Cc2ccccc2)S[C@H](C)C3)c(C)c1. The smallest absolute Gasteiger partial charge is 0.268 e. The summed E-state index contributed by atoms with van der Waals surface area (Å²) in [7, 11) is 0. The van der Waals surface area contributed by atoms with Gasteiger partial charge in [0.05, 0.1) is 22.9 Å². The van der Waals surface area contributed by atoms with Gasteiger partial charge in [0.15, 0.2) is 5.16 Å². The van der Waals surface area contributed by atoms with Gasteiger partial charge in [0.1, 0.15) is 0 Å². The van der Waals surface area contributed by atoms with Gasteiger partial charge in [-0.05, 0) is 37.5 Å². The van der Waals surface area contributed by atoms with E-state index in [0.29, 0.717) is 17.0 Å². The minimum Gasteiger partial charge on any atom is -0.325 e. The van der Waals surface area contributed by atoms with Crippen molar-refractivity contribution in [2.45, 2.75) is 56.0 Å². The molecule has 4 rings (SSSR count). The van der Waals surface area contributed by atoms with Crippen molar-refractivity contribution in [3.63, 3.8) is 0 Å². The first-order valence-electron chi connectivity index (χ1n) is 10.7. The zero-order chi connectivity index (χ0) is 22.8. The lowest BCUT2D eigenvalue weighted by Gasteiger charge is -2.15. The Hall–Kier alpha value is -2.51. The number of nitrogens with one attached hydrogen (secondary N) is 1. The number of hydrogen-bond acceptors (Lipinski definition) is 5. The minimum atomic E-state index is -0.103. The van der Waals surface area contributed by atoms with Crippen molar-refractivity contribution in [3.05, 3.63) is 80.8 Å². The molecule has 0 saturated carbocycles. The van der Waals surface area contributed by atoms with Crippen molar-refractivity contribution >= 4 is 35.1 Å². The molecule has 0 fully saturated rings. The quantitative estimate of drug-likeness (QED) is 0.411. The largest absolute Gasteiger partial charge is 0.325 e. The summed E-state index contributed by atoms with van der Waals surface area (Å²) in [5, 5.41) is 3.98. The van der Waals surface area contributed by atoms with Crippen LogP contribution in [0, 0.1) is 20.8 Å². The molecular weight excluding hydrogens is 438 g/mol. The number of nitrogens with zero attached hydrogens (tertiary/aromatic N) is 2. The first kappa shape index (κ1) is 22.7. The lowest BCUT2D eigenvalue weighted by Crippen LogP contribution is -2.26. The highest BCUT2D eigenvalue weighted by atomic mass is 32.2. The van der Waals surface area contributed by atoms with Crippen LogP contribution in [-0.4, -0.2) is 26.5 Å². The second kappa shape index (κ2) is 9.55. The van der Waals surface area contributed by atoms with Crippen LogP contribution in [-0.2, 0) is 17.8 Å². The van der Waals surface area contributed by atoms with Crippen molar-refractivity contribution in [3.8, 4) is 0 Å². The molecule has 7 heteroatoms. The van der Waals surface area contributed by atoms with Crippen LogP contribution in [0.4, 0.5) is 5.69 Å². The lowest BCUT2D eigenvalue weighted by molar-refractivity contribution is -0.113. The van der Waals surface area contributed by atoms with Crippen LogP contribution in [0.5, 0.6) is 0 Å². The van der Waals surface area contributed by atoms with Crippen molar-refractivity contribution in [2.75, 3.05) is 11.1 Å². The van der Waals surface area contributed by atoms with Gasteiger partial charge < -0.3 is 5.32 Å². The first-order valence-corrected chi connectivity index (χ1v) is 12.5. The van der Waals surface area contributed by atoms with Gasteiger partial charge in [0.2, 0.25) is 5.91 Å². The number of anilines is 1. The van der Waals surface area contributed by atoms with Crippen LogP contribution < -0.4 is 10.9 Å². The molecule has 0 radical (unpaired) electrons. The van der Waals surface area contributed by atoms with E-state index in [-0.39, 0.29) is 17.2 Å². The van der Waals surface area contributed by atoms with Crippen molar-refractivity contribution in [2.24, 2.45) is 0 Å². The first-order chi connectivity index (χ1) is 15.3. The Labute approximate surface area is 197 Å². The Bertz CT molecular complexity index is 1200. The number of amides is 1. The van der Waals surface area contributed by atoms with E-state index in [1.807, 2.05) is 51.1 Å². The number of carbonyl (C=O) groups excluding carboxylic acids is 1. The fourth-order valence-electron chi connectivity index (χ4n) is 4.03. The summed E-state index contributed by atoms with van der Waals surface area (Å²) < 4.78 is 1.71. The molecule has 0 saturated heterocycles. The highest BCUT2D eigenvalue weighted by Crippen LogP contribution is 2.34. The molecule has 5 nitrogen and oxygen atoms in total. The Kier molecular flexibility index (Phi) is 6.76. The highest BCUT2D eigenvalue weighted by Gasteiger charge is 2.26. The number of aromatic nitrogens is 2. The predicted molar refractivity (Wildman–Crippen MR) is 133 cm³/mol. The summed E-state index contributed by atoms with van der Waals surface area (Å²) in [5.41, 5.74) is 5.99. The van der Waals surface area contributed by atoms with E-state index in [1.54, 1.807) is 16.3 Å². The molecular formula is C25H27N3O2S2. The average Bonchev–Trinajstić information content (AvgIpc) is 3.13. The van der Waals surface area contributed by atoms with E-state index in [0.717, 1.165) is 39.4 Å². The number of thioether (sulfide) groups is 2. The van der Waals surface area contributed by atoms with Crippen LogP contribution in [0.2, 0.25) is 0 Å². The molecule has 0 spiro atoms. The van der Waals surface area contributed by atoms with Gasteiger partial charge >= 0.3 is 0 Å². The van der Waals surface area contributed by atoms with E-state index >= 15 is 0 Å². The normalized spacial score (nSPS) is 14.9. The molecule has 1 amide bonds. The monoisotopic (exact) mass is 465 g/mol. The molecule has 3 aromatic rings. The van der Waals surface area contributed by atoms with Gasteiger partial charge in [-0.1, -0.05) is 66.7 Å². The second-order valence-electron chi connectivity index (χ2n) is 8.29. The zero-order valence-electron chi connectivity index (χ0n) is 18.8. The third-order valence-corrected chi connectivity index (χ3v) is 7.61. The van der Waals surface area contributed by atoms with E-state index in [1.165, 1.54) is 17.3 Å². The number of benzene rings is 2. The maximum absolute atomic E-state index is 13.3. The Morgan fingerprint density at radius 1 is 1.19 bits per heavy atom. The summed E-state index contributed by atoms with van der Waals surface area (Å²) in [6.45, 7) is 8.60. The average molecular weight is 466 g/mol. The molecule has 2 heterocycles. The topological polar surface area (TPSA) is 64.0 Å². The third-order valence-electron chi connectivity index (χ3n) is 5.42. The third kappa shape index (κ3) is 4.94. The van der Waals surface area contributed by atoms with E-state index < -0.39 is 0 Å². The van der Waals surface area contributed by atoms with Crippen molar-refractivity contribution in [1.29, 1.82) is 0 Å². The number of hydrogen-bond donors (Lipinski definition) is 1. The Balaban J connectivity index is 1.58. The molecule has 1 aliphatic heterocycles. The molecule has 1 aliphatic rings. The molecule has 1 aromatic heterocycles. The van der Waals surface area contributed by atoms with E-state index in [2.05, 4.69) is 24.4 Å². The van der Waals surface area contributed by atoms with Crippen LogP contribution in [0.1, 0.15) is 34.9 Å². The predicted octanol–water partition coefficient (Wildman–Crippen LogP) is 4.98. The summed E-state index contributed by atoms with van der Waals surface area (Å²) in [4.78, 5) is 31.6. The van der Waals surface area contributed by atoms with Gasteiger partial charge in [-0.2, -0.15) is 0 Å². The van der Waals surface area contributed by atoms with Gasteiger partial charge in [0, 0.05) is 17.4 Å². The van der Waals surface area contributed by atoms with Gasteiger partial charge in [0.25, 0.3) is 5.56 Å². The maximum Gasteiger partial charge on any atom is 0.268 e. The summed E-state index contributed by atoms with van der Waals surface area (Å²) in [5.74, 6) is 0.0870. The van der Waals surface area contributed by atoms with Crippen LogP contribution >= 0.6 is 23.5 Å². The number of carbonyl (C=O) groups is 1. The summed E-state index contributed by atoms with van der Waals surface area (Å²) in [6.07, 6.45) is 0.781. The van der Waals surface area contributed by atoms with Gasteiger partial charge in [-0.3, -0.25) is 14.2 Å². The van der Waals surface area contributed by atoms with Crippen molar-refractivity contribution in [1.82, 2.24) is 9.55 Å². The second-order valence-corrected chi connectivity index (χ2v) is 10.7. The standard InChI is InChI=1S/C25H27N3O2S2/c1-15-10-16(2)22(17(3)11-15)27-21(29)14-31-25-26-20-12-18(4)32-23(20)24(30)28(25)13-19-8-6-5-7-9-19/h5-11,18H,12-14H2,1-4H3,(H,27,29)/t18-/m1/s1. The fraction of sp³-hybridized carbons (Fsp3) is 0.320. The molecule has 0 unspecified atom stereocenters. The van der Waals surface area contributed by atoms with Gasteiger partial charge in [-0.25, -0.2) is 4.98 Å². The minimum absolute atomic E-state index is 0.0127. The van der Waals surface area contributed by atoms with Crippen LogP contribution in [0.3, 0.4) is 0 Å². The number of fused-ring (bicyclic) bond motifs is 1. The Morgan fingerprint density at radius 2 is 1.88 bits per heavy atom. The van der Waals surface area contributed by atoms with Crippen LogP contribution in [0.25, 0.3) is 0 Å². The molecule has 166 valence electrons. The fourth-order valence-corrected chi connectivity index (χ4v) is 5.96.